The van der Waals surface area contributed by atoms with Gasteiger partial charge >= 0.3 is 0 Å². The summed E-state index contributed by atoms with van der Waals surface area (Å²) in [5.41, 5.74) is 5.71. The van der Waals surface area contributed by atoms with Crippen molar-refractivity contribution < 1.29 is 4.74 Å². The molecule has 0 aromatic carbocycles. The lowest BCUT2D eigenvalue weighted by molar-refractivity contribution is 0.270. The van der Waals surface area contributed by atoms with Crippen molar-refractivity contribution in [1.82, 2.24) is 24.9 Å². The van der Waals surface area contributed by atoms with Gasteiger partial charge in [0.05, 0.1) is 30.1 Å². The Morgan fingerprint density at radius 3 is 2.54 bits per heavy atom. The average molecular weight is 550 g/mol. The molecule has 0 radical (unpaired) electrons. The van der Waals surface area contributed by atoms with E-state index >= 15 is 0 Å². The van der Waals surface area contributed by atoms with Crippen LogP contribution in [0.3, 0.4) is 0 Å². The molecule has 1 saturated heterocycles. The summed E-state index contributed by atoms with van der Waals surface area (Å²) in [5.74, 6) is 3.47. The second-order valence-electron chi connectivity index (χ2n) is 12.4. The number of pyridine rings is 3. The molecule has 2 unspecified atom stereocenters. The molecule has 0 amide bonds. The Balaban J connectivity index is 1.13. The van der Waals surface area contributed by atoms with Crippen molar-refractivity contribution in [3.63, 3.8) is 0 Å². The van der Waals surface area contributed by atoms with Gasteiger partial charge in [0.25, 0.3) is 0 Å². The summed E-state index contributed by atoms with van der Waals surface area (Å²) in [6.45, 7) is 12.3. The molecular formula is C33H39N7O. The maximum Gasteiger partial charge on any atom is 0.138 e. The summed E-state index contributed by atoms with van der Waals surface area (Å²) in [6, 6.07) is 12.8. The van der Waals surface area contributed by atoms with Crippen molar-refractivity contribution in [3.05, 3.63) is 71.9 Å². The maximum atomic E-state index is 9.69. The third kappa shape index (κ3) is 5.64. The van der Waals surface area contributed by atoms with E-state index in [-0.39, 0.29) is 5.54 Å². The second kappa shape index (κ2) is 11.1. The van der Waals surface area contributed by atoms with Gasteiger partial charge in [0.2, 0.25) is 0 Å². The highest BCUT2D eigenvalue weighted by molar-refractivity contribution is 5.85. The smallest absolute Gasteiger partial charge is 0.138 e. The number of hydrogen-bond donors (Lipinski definition) is 1. The second-order valence-corrected chi connectivity index (χ2v) is 12.4. The topological polar surface area (TPSA) is 91.4 Å². The van der Waals surface area contributed by atoms with E-state index in [9.17, 15) is 5.26 Å². The monoisotopic (exact) mass is 549 g/mol. The zero-order chi connectivity index (χ0) is 28.6. The summed E-state index contributed by atoms with van der Waals surface area (Å²) in [5, 5.41) is 17.9. The molecule has 1 N–H and O–H groups in total. The minimum Gasteiger partial charge on any atom is -0.492 e. The molecule has 6 rings (SSSR count). The molecule has 8 nitrogen and oxygen atoms in total. The van der Waals surface area contributed by atoms with Crippen molar-refractivity contribution in [3.8, 4) is 22.9 Å². The highest BCUT2D eigenvalue weighted by Crippen LogP contribution is 2.45. The highest BCUT2D eigenvalue weighted by Gasteiger charge is 2.46. The van der Waals surface area contributed by atoms with Gasteiger partial charge in [0.15, 0.2) is 0 Å². The van der Waals surface area contributed by atoms with Gasteiger partial charge < -0.3 is 15.0 Å². The van der Waals surface area contributed by atoms with Gasteiger partial charge in [-0.05, 0) is 73.8 Å². The number of rotatable bonds is 9. The molecule has 41 heavy (non-hydrogen) atoms. The van der Waals surface area contributed by atoms with Crippen LogP contribution in [-0.4, -0.2) is 44.8 Å². The number of nitrogens with one attached hydrogen (secondary N) is 1. The largest absolute Gasteiger partial charge is 0.492 e. The summed E-state index contributed by atoms with van der Waals surface area (Å²) in [6.07, 6.45) is 10.7. The van der Waals surface area contributed by atoms with E-state index in [0.717, 1.165) is 60.0 Å². The van der Waals surface area contributed by atoms with Gasteiger partial charge in [-0.25, -0.2) is 9.50 Å². The third-order valence-electron chi connectivity index (χ3n) is 8.64. The summed E-state index contributed by atoms with van der Waals surface area (Å²) >= 11 is 0. The number of aryl methyl sites for hydroxylation is 1. The van der Waals surface area contributed by atoms with Crippen molar-refractivity contribution in [2.45, 2.75) is 59.0 Å². The van der Waals surface area contributed by atoms with E-state index in [2.05, 4.69) is 78.3 Å². The number of fused-ring (bicyclic) bond motifs is 2. The van der Waals surface area contributed by atoms with Crippen LogP contribution in [-0.2, 0) is 13.0 Å². The van der Waals surface area contributed by atoms with Gasteiger partial charge in [-0.15, -0.1) is 0 Å². The SMILES string of the molecule is CCc1ccc(CNC2(C)CC3CN(c4ccc(-c5cc(OCC(C)C)cn6ncc(C#N)c56)cn4)CC3C2)cn1. The highest BCUT2D eigenvalue weighted by atomic mass is 16.5. The van der Waals surface area contributed by atoms with Crippen LogP contribution in [0.1, 0.15) is 57.4 Å². The van der Waals surface area contributed by atoms with Gasteiger partial charge in [-0.3, -0.25) is 4.98 Å². The molecule has 0 spiro atoms. The molecule has 1 aliphatic carbocycles. The molecule has 8 heteroatoms. The van der Waals surface area contributed by atoms with Crippen LogP contribution in [0.5, 0.6) is 5.75 Å². The van der Waals surface area contributed by atoms with E-state index in [1.807, 2.05) is 24.7 Å². The summed E-state index contributed by atoms with van der Waals surface area (Å²) in [4.78, 5) is 11.9. The van der Waals surface area contributed by atoms with Crippen molar-refractivity contribution in [1.29, 1.82) is 5.26 Å². The average Bonchev–Trinajstić information content (AvgIpc) is 3.66. The molecule has 2 aliphatic rings. The lowest BCUT2D eigenvalue weighted by atomic mass is 9.97. The predicted octanol–water partition coefficient (Wildman–Crippen LogP) is 5.65. The van der Waals surface area contributed by atoms with Crippen LogP contribution in [0, 0.1) is 29.1 Å². The van der Waals surface area contributed by atoms with Gasteiger partial charge in [0, 0.05) is 54.4 Å². The summed E-state index contributed by atoms with van der Waals surface area (Å²) in [7, 11) is 0. The van der Waals surface area contributed by atoms with Crippen LogP contribution in [0.2, 0.25) is 0 Å². The molecule has 1 saturated carbocycles. The first kappa shape index (κ1) is 27.2. The Labute approximate surface area is 242 Å². The first-order valence-corrected chi connectivity index (χ1v) is 14.8. The first-order valence-electron chi connectivity index (χ1n) is 14.8. The fraction of sp³-hybridized carbons (Fsp3) is 0.455. The fourth-order valence-corrected chi connectivity index (χ4v) is 6.53. The molecule has 4 aromatic rings. The Bertz CT molecular complexity index is 1540. The van der Waals surface area contributed by atoms with Crippen molar-refractivity contribution >= 4 is 11.3 Å². The molecular weight excluding hydrogens is 510 g/mol. The number of nitrogens with zero attached hydrogens (tertiary/aromatic N) is 6. The van der Waals surface area contributed by atoms with Gasteiger partial charge in [0.1, 0.15) is 17.6 Å². The lowest BCUT2D eigenvalue weighted by Gasteiger charge is -2.29. The molecule has 5 heterocycles. The quantitative estimate of drug-likeness (QED) is 0.288. The maximum absolute atomic E-state index is 9.69. The van der Waals surface area contributed by atoms with Crippen LogP contribution in [0.25, 0.3) is 16.6 Å². The normalized spacial score (nSPS) is 21.9. The predicted molar refractivity (Wildman–Crippen MR) is 161 cm³/mol. The Hall–Kier alpha value is -3.96. The molecule has 4 aromatic heterocycles. The third-order valence-corrected chi connectivity index (χ3v) is 8.64. The van der Waals surface area contributed by atoms with E-state index < -0.39 is 0 Å². The Kier molecular flexibility index (Phi) is 7.39. The fourth-order valence-electron chi connectivity index (χ4n) is 6.53. The first-order chi connectivity index (χ1) is 19.8. The number of anilines is 1. The van der Waals surface area contributed by atoms with Gasteiger partial charge in [-0.2, -0.15) is 10.4 Å². The van der Waals surface area contributed by atoms with E-state index in [1.165, 1.54) is 18.4 Å². The van der Waals surface area contributed by atoms with Crippen LogP contribution in [0.4, 0.5) is 5.82 Å². The molecule has 212 valence electrons. The lowest BCUT2D eigenvalue weighted by Crippen LogP contribution is -2.41. The number of aromatic nitrogens is 4. The van der Waals surface area contributed by atoms with Crippen LogP contribution >= 0.6 is 0 Å². The van der Waals surface area contributed by atoms with Crippen molar-refractivity contribution in [2.24, 2.45) is 17.8 Å². The minimum absolute atomic E-state index is 0.153. The van der Waals surface area contributed by atoms with Gasteiger partial charge in [-0.1, -0.05) is 26.8 Å². The van der Waals surface area contributed by atoms with Crippen molar-refractivity contribution in [2.75, 3.05) is 24.6 Å². The number of nitriles is 1. The molecule has 2 atom stereocenters. The zero-order valence-electron chi connectivity index (χ0n) is 24.5. The summed E-state index contributed by atoms with van der Waals surface area (Å²) < 4.78 is 7.75. The number of hydrogen-bond acceptors (Lipinski definition) is 7. The Morgan fingerprint density at radius 1 is 1.10 bits per heavy atom. The molecule has 2 fully saturated rings. The zero-order valence-corrected chi connectivity index (χ0v) is 24.5. The van der Waals surface area contributed by atoms with Crippen LogP contribution < -0.4 is 15.0 Å². The minimum atomic E-state index is 0.153. The van der Waals surface area contributed by atoms with E-state index in [4.69, 9.17) is 9.72 Å². The molecule has 0 bridgehead atoms. The number of ether oxygens (including phenoxy) is 1. The standard InChI is InChI=1S/C33H39N7O/c1-5-28-8-6-23(14-35-28)15-37-33(4)11-25-18-39(19-26(25)12-33)31-9-7-24(16-36-31)30-10-29(41-21-22(2)3)20-40-32(30)27(13-34)17-38-40/h6-10,14,16-17,20,22,25-26,37H,5,11-12,15,18-19,21H2,1-4H3. The molecule has 1 aliphatic heterocycles. The van der Waals surface area contributed by atoms with E-state index in [1.54, 1.807) is 10.7 Å². The Morgan fingerprint density at radius 2 is 1.90 bits per heavy atom. The van der Waals surface area contributed by atoms with E-state index in [0.29, 0.717) is 29.9 Å². The van der Waals surface area contributed by atoms with Crippen LogP contribution in [0.15, 0.2) is 55.1 Å².